The molecule has 1 heterocycles. The first-order chi connectivity index (χ1) is 17.5. The molecule has 2 amide bonds. The van der Waals surface area contributed by atoms with Gasteiger partial charge in [-0.3, -0.25) is 0 Å². The molecule has 7 nitrogen and oxygen atoms in total. The van der Waals surface area contributed by atoms with Gasteiger partial charge in [0.25, 0.3) is 0 Å². The second-order valence-corrected chi connectivity index (χ2v) is 8.59. The molecule has 0 radical (unpaired) electrons. The number of alkyl halides is 3. The summed E-state index contributed by atoms with van der Waals surface area (Å²) in [6, 6.07) is 18.9. The summed E-state index contributed by atoms with van der Waals surface area (Å²) in [7, 11) is 0. The van der Waals surface area contributed by atoms with E-state index in [0.29, 0.717) is 23.1 Å². The zero-order valence-corrected chi connectivity index (χ0v) is 20.5. The van der Waals surface area contributed by atoms with Crippen LogP contribution in [0.4, 0.5) is 52.5 Å². The maximum atomic E-state index is 13.0. The lowest BCUT2D eigenvalue weighted by atomic mass is 10.2. The van der Waals surface area contributed by atoms with Crippen molar-refractivity contribution in [1.29, 1.82) is 0 Å². The molecule has 0 bridgehead atoms. The maximum Gasteiger partial charge on any atom is 0.417 e. The van der Waals surface area contributed by atoms with Gasteiger partial charge in [-0.2, -0.15) is 18.2 Å². The molecule has 0 unspecified atom stereocenters. The maximum absolute atomic E-state index is 13.0. The minimum absolute atomic E-state index is 0.0424. The van der Waals surface area contributed by atoms with Gasteiger partial charge < -0.3 is 21.3 Å². The molecule has 0 atom stereocenters. The summed E-state index contributed by atoms with van der Waals surface area (Å²) in [5, 5.41) is 10.9. The minimum Gasteiger partial charge on any atom is -0.340 e. The fraction of sp³-hybridized carbons (Fsp3) is 0.115. The third-order valence-corrected chi connectivity index (χ3v) is 5.44. The number of nitrogens with zero attached hydrogens (tertiary/aromatic N) is 2. The third-order valence-electron chi connectivity index (χ3n) is 5.11. The van der Waals surface area contributed by atoms with Crippen molar-refractivity contribution in [2.45, 2.75) is 20.0 Å². The number of urea groups is 1. The summed E-state index contributed by atoms with van der Waals surface area (Å²) in [5.41, 5.74) is 2.85. The normalized spacial score (nSPS) is 11.1. The van der Waals surface area contributed by atoms with Crippen molar-refractivity contribution < 1.29 is 18.0 Å². The Morgan fingerprint density at radius 3 is 2.00 bits per heavy atom. The average Bonchev–Trinajstić information content (AvgIpc) is 2.82. The van der Waals surface area contributed by atoms with Gasteiger partial charge >= 0.3 is 12.2 Å². The summed E-state index contributed by atoms with van der Waals surface area (Å²) >= 11 is 5.61. The molecule has 37 heavy (non-hydrogen) atoms. The predicted octanol–water partition coefficient (Wildman–Crippen LogP) is 7.90. The van der Waals surface area contributed by atoms with Gasteiger partial charge in [0, 0.05) is 34.5 Å². The molecular formula is C26H22ClF3N6O. The SMILES string of the molecule is Cc1ccc(Nc2cc(C)nc(Nc3ccc(NC(=O)Nc4ccc(Cl)c(C(F)(F)F)c4)cc3)n2)cc1. The van der Waals surface area contributed by atoms with Crippen molar-refractivity contribution in [1.82, 2.24) is 9.97 Å². The topological polar surface area (TPSA) is 91.0 Å². The molecule has 1 aromatic heterocycles. The molecule has 190 valence electrons. The Morgan fingerprint density at radius 1 is 0.757 bits per heavy atom. The molecule has 0 saturated heterocycles. The first-order valence-electron chi connectivity index (χ1n) is 11.1. The number of aryl methyl sites for hydroxylation is 2. The van der Waals surface area contributed by atoms with E-state index in [0.717, 1.165) is 29.1 Å². The lowest BCUT2D eigenvalue weighted by molar-refractivity contribution is -0.137. The smallest absolute Gasteiger partial charge is 0.340 e. The number of amides is 2. The summed E-state index contributed by atoms with van der Waals surface area (Å²) < 4.78 is 39.1. The number of anilines is 6. The number of aromatic nitrogens is 2. The second kappa shape index (κ2) is 10.8. The Bertz CT molecular complexity index is 1410. The van der Waals surface area contributed by atoms with E-state index >= 15 is 0 Å². The number of rotatable bonds is 6. The average molecular weight is 527 g/mol. The van der Waals surface area contributed by atoms with Crippen molar-refractivity contribution in [3.8, 4) is 0 Å². The summed E-state index contributed by atoms with van der Waals surface area (Å²) in [6.45, 7) is 3.87. The summed E-state index contributed by atoms with van der Waals surface area (Å²) in [5.74, 6) is 1.01. The number of halogens is 4. The first kappa shape index (κ1) is 25.8. The highest BCUT2D eigenvalue weighted by atomic mass is 35.5. The van der Waals surface area contributed by atoms with Crippen molar-refractivity contribution in [2.24, 2.45) is 0 Å². The number of nitrogens with one attached hydrogen (secondary N) is 4. The van der Waals surface area contributed by atoms with Crippen molar-refractivity contribution in [2.75, 3.05) is 21.3 Å². The van der Waals surface area contributed by atoms with E-state index in [1.807, 2.05) is 44.2 Å². The van der Waals surface area contributed by atoms with Crippen LogP contribution in [0.5, 0.6) is 0 Å². The van der Waals surface area contributed by atoms with Crippen LogP contribution in [-0.2, 0) is 6.18 Å². The van der Waals surface area contributed by atoms with Gasteiger partial charge in [0.05, 0.1) is 10.6 Å². The zero-order valence-electron chi connectivity index (χ0n) is 19.7. The lowest BCUT2D eigenvalue weighted by Gasteiger charge is -2.13. The van der Waals surface area contributed by atoms with E-state index in [9.17, 15) is 18.0 Å². The Labute approximate surface area is 216 Å². The zero-order chi connectivity index (χ0) is 26.6. The van der Waals surface area contributed by atoms with Crippen LogP contribution >= 0.6 is 11.6 Å². The fourth-order valence-corrected chi connectivity index (χ4v) is 3.58. The van der Waals surface area contributed by atoms with Gasteiger partial charge in [0.15, 0.2) is 0 Å². The van der Waals surface area contributed by atoms with Crippen LogP contribution in [0.15, 0.2) is 72.8 Å². The van der Waals surface area contributed by atoms with Crippen molar-refractivity contribution >= 4 is 52.1 Å². The van der Waals surface area contributed by atoms with Gasteiger partial charge in [0.1, 0.15) is 5.82 Å². The Balaban J connectivity index is 1.38. The van der Waals surface area contributed by atoms with Crippen LogP contribution in [0, 0.1) is 13.8 Å². The predicted molar refractivity (Wildman–Crippen MR) is 140 cm³/mol. The highest BCUT2D eigenvalue weighted by Crippen LogP contribution is 2.36. The number of hydrogen-bond donors (Lipinski definition) is 4. The van der Waals surface area contributed by atoms with E-state index in [4.69, 9.17) is 11.6 Å². The van der Waals surface area contributed by atoms with E-state index in [1.165, 1.54) is 6.07 Å². The molecular weight excluding hydrogens is 505 g/mol. The number of hydrogen-bond acceptors (Lipinski definition) is 5. The lowest BCUT2D eigenvalue weighted by Crippen LogP contribution is -2.20. The molecule has 0 aliphatic carbocycles. The first-order valence-corrected chi connectivity index (χ1v) is 11.4. The Kier molecular flexibility index (Phi) is 7.49. The molecule has 4 rings (SSSR count). The second-order valence-electron chi connectivity index (χ2n) is 8.18. The van der Waals surface area contributed by atoms with Crippen LogP contribution in [0.2, 0.25) is 5.02 Å². The number of carbonyl (C=O) groups excluding carboxylic acids is 1. The molecule has 3 aromatic carbocycles. The van der Waals surface area contributed by atoms with Gasteiger partial charge in [-0.1, -0.05) is 29.3 Å². The monoisotopic (exact) mass is 526 g/mol. The molecule has 0 spiro atoms. The summed E-state index contributed by atoms with van der Waals surface area (Å²) in [4.78, 5) is 21.2. The van der Waals surface area contributed by atoms with Gasteiger partial charge in [-0.25, -0.2) is 9.78 Å². The van der Waals surface area contributed by atoms with E-state index in [1.54, 1.807) is 24.3 Å². The number of carbonyl (C=O) groups is 1. The molecule has 4 aromatic rings. The standard InChI is InChI=1S/C26H22ClF3N6O/c1-15-3-5-17(6-4-15)32-23-13-16(2)31-24(36-23)33-18-7-9-19(10-8-18)34-25(37)35-20-11-12-22(27)21(14-20)26(28,29)30/h3-14H,1-2H3,(H2,34,35,37)(H2,31,32,33,36). The van der Waals surface area contributed by atoms with Crippen LogP contribution in [0.1, 0.15) is 16.8 Å². The molecule has 4 N–H and O–H groups in total. The number of benzene rings is 3. The van der Waals surface area contributed by atoms with E-state index < -0.39 is 22.8 Å². The van der Waals surface area contributed by atoms with E-state index in [-0.39, 0.29) is 5.69 Å². The molecule has 0 fully saturated rings. The largest absolute Gasteiger partial charge is 0.417 e. The van der Waals surface area contributed by atoms with Gasteiger partial charge in [0.2, 0.25) is 5.95 Å². The van der Waals surface area contributed by atoms with Crippen molar-refractivity contribution in [3.05, 3.63) is 94.6 Å². The fourth-order valence-electron chi connectivity index (χ4n) is 3.35. The third kappa shape index (κ3) is 7.11. The van der Waals surface area contributed by atoms with Crippen LogP contribution in [0.3, 0.4) is 0 Å². The van der Waals surface area contributed by atoms with Crippen molar-refractivity contribution in [3.63, 3.8) is 0 Å². The molecule has 0 aliphatic heterocycles. The van der Waals surface area contributed by atoms with Gasteiger partial charge in [-0.05, 0) is 68.4 Å². The minimum atomic E-state index is -4.63. The van der Waals surface area contributed by atoms with Crippen LogP contribution in [-0.4, -0.2) is 16.0 Å². The molecule has 0 saturated carbocycles. The van der Waals surface area contributed by atoms with Gasteiger partial charge in [-0.15, -0.1) is 0 Å². The molecule has 11 heteroatoms. The Hall–Kier alpha value is -4.31. The van der Waals surface area contributed by atoms with Crippen LogP contribution in [0.25, 0.3) is 0 Å². The van der Waals surface area contributed by atoms with E-state index in [2.05, 4.69) is 31.2 Å². The highest BCUT2D eigenvalue weighted by Gasteiger charge is 2.33. The quantitative estimate of drug-likeness (QED) is 0.205. The highest BCUT2D eigenvalue weighted by molar-refractivity contribution is 6.31. The Morgan fingerprint density at radius 2 is 1.32 bits per heavy atom. The van der Waals surface area contributed by atoms with Crippen LogP contribution < -0.4 is 21.3 Å². The summed E-state index contributed by atoms with van der Waals surface area (Å²) in [6.07, 6.45) is -4.63. The molecule has 0 aliphatic rings.